The summed E-state index contributed by atoms with van der Waals surface area (Å²) in [6.07, 6.45) is 6.45. The predicted octanol–water partition coefficient (Wildman–Crippen LogP) is 6.71. The van der Waals surface area contributed by atoms with Crippen molar-refractivity contribution in [1.82, 2.24) is 8.97 Å². The van der Waals surface area contributed by atoms with Gasteiger partial charge in [0.05, 0.1) is 0 Å². The average molecular weight is 361 g/mol. The maximum absolute atomic E-state index is 2.26. The Balaban J connectivity index is 0.000000156. The Morgan fingerprint density at radius 2 is 1.22 bits per heavy atom. The molecule has 142 valence electrons. The Morgan fingerprint density at radius 1 is 0.630 bits per heavy atom. The van der Waals surface area contributed by atoms with Crippen molar-refractivity contribution in [2.24, 2.45) is 7.05 Å². The molecule has 3 aromatic heterocycles. The second-order valence-corrected chi connectivity index (χ2v) is 9.39. The smallest absolute Gasteiger partial charge is 0.0487 e. The van der Waals surface area contributed by atoms with Crippen molar-refractivity contribution in [2.45, 2.75) is 52.4 Å². The summed E-state index contributed by atoms with van der Waals surface area (Å²) < 4.78 is 4.37. The molecule has 0 aliphatic rings. The van der Waals surface area contributed by atoms with E-state index in [1.807, 2.05) is 0 Å². The second kappa shape index (κ2) is 6.92. The maximum atomic E-state index is 2.26. The monoisotopic (exact) mass is 360 g/mol. The van der Waals surface area contributed by atoms with Crippen LogP contribution in [-0.2, 0) is 17.9 Å². The number of nitrogens with zero attached hydrogens (tertiary/aromatic N) is 2. The number of aromatic nitrogens is 2. The molecule has 0 aliphatic carbocycles. The van der Waals surface area contributed by atoms with Crippen LogP contribution >= 0.6 is 0 Å². The van der Waals surface area contributed by atoms with Crippen molar-refractivity contribution in [2.75, 3.05) is 0 Å². The molecule has 4 aromatic rings. The minimum Gasteiger partial charge on any atom is -0.350 e. The van der Waals surface area contributed by atoms with E-state index < -0.39 is 0 Å². The van der Waals surface area contributed by atoms with Crippen LogP contribution < -0.4 is 0 Å². The fourth-order valence-electron chi connectivity index (χ4n) is 3.63. The standard InChI is InChI=1S/C13H17N.C12H15N/c1-13(2,3)11-9-14(4)12-8-6-5-7-10(11)12;1-12(2,3)10-7-9-13-8-5-4-6-11(10)13/h5-9H,1-4H3;4-9H,1-3H3. The first kappa shape index (κ1) is 19.3. The van der Waals surface area contributed by atoms with Crippen LogP contribution in [0.5, 0.6) is 0 Å². The highest BCUT2D eigenvalue weighted by Crippen LogP contribution is 2.31. The van der Waals surface area contributed by atoms with Crippen molar-refractivity contribution < 1.29 is 0 Å². The number of pyridine rings is 1. The molecule has 4 rings (SSSR count). The van der Waals surface area contributed by atoms with Crippen LogP contribution in [0, 0.1) is 0 Å². The fraction of sp³-hybridized carbons (Fsp3) is 0.360. The highest BCUT2D eigenvalue weighted by molar-refractivity contribution is 5.84. The molecule has 0 atom stereocenters. The first-order valence-corrected chi connectivity index (χ1v) is 9.70. The lowest BCUT2D eigenvalue weighted by Crippen LogP contribution is -2.10. The van der Waals surface area contributed by atoms with Gasteiger partial charge in [-0.25, -0.2) is 0 Å². The third-order valence-electron chi connectivity index (χ3n) is 5.08. The number of aryl methyl sites for hydroxylation is 1. The van der Waals surface area contributed by atoms with E-state index in [0.29, 0.717) is 0 Å². The van der Waals surface area contributed by atoms with Gasteiger partial charge in [0.2, 0.25) is 0 Å². The van der Waals surface area contributed by atoms with Gasteiger partial charge in [-0.1, -0.05) is 65.8 Å². The summed E-state index contributed by atoms with van der Waals surface area (Å²) in [5, 5.41) is 1.38. The van der Waals surface area contributed by atoms with Gasteiger partial charge in [0.15, 0.2) is 0 Å². The molecule has 0 amide bonds. The van der Waals surface area contributed by atoms with Gasteiger partial charge in [-0.2, -0.15) is 0 Å². The van der Waals surface area contributed by atoms with E-state index in [1.165, 1.54) is 27.5 Å². The van der Waals surface area contributed by atoms with Crippen LogP contribution in [0.1, 0.15) is 52.7 Å². The third kappa shape index (κ3) is 3.95. The molecule has 0 aliphatic heterocycles. The quantitative estimate of drug-likeness (QED) is 0.329. The van der Waals surface area contributed by atoms with Crippen LogP contribution in [0.4, 0.5) is 0 Å². The van der Waals surface area contributed by atoms with E-state index in [4.69, 9.17) is 0 Å². The first-order chi connectivity index (χ1) is 12.6. The topological polar surface area (TPSA) is 9.34 Å². The molecule has 0 N–H and O–H groups in total. The molecule has 0 saturated heterocycles. The molecule has 2 nitrogen and oxygen atoms in total. The molecule has 0 fully saturated rings. The van der Waals surface area contributed by atoms with E-state index in [0.717, 1.165) is 0 Å². The van der Waals surface area contributed by atoms with Gasteiger partial charge in [0, 0.05) is 42.1 Å². The third-order valence-corrected chi connectivity index (χ3v) is 5.08. The highest BCUT2D eigenvalue weighted by atomic mass is 14.9. The van der Waals surface area contributed by atoms with Crippen LogP contribution in [0.15, 0.2) is 67.1 Å². The lowest BCUT2D eigenvalue weighted by Gasteiger charge is -2.17. The van der Waals surface area contributed by atoms with Crippen LogP contribution in [0.2, 0.25) is 0 Å². The van der Waals surface area contributed by atoms with Crippen molar-refractivity contribution >= 4 is 16.4 Å². The lowest BCUT2D eigenvalue weighted by atomic mass is 9.87. The van der Waals surface area contributed by atoms with Crippen molar-refractivity contribution in [1.29, 1.82) is 0 Å². The van der Waals surface area contributed by atoms with Crippen molar-refractivity contribution in [3.05, 3.63) is 78.2 Å². The summed E-state index contributed by atoms with van der Waals surface area (Å²) in [6, 6.07) is 17.1. The molecule has 1 aromatic carbocycles. The summed E-state index contributed by atoms with van der Waals surface area (Å²) in [6.45, 7) is 13.5. The minimum absolute atomic E-state index is 0.223. The molecule has 0 unspecified atom stereocenters. The zero-order valence-electron chi connectivity index (χ0n) is 17.7. The van der Waals surface area contributed by atoms with Crippen LogP contribution in [-0.4, -0.2) is 8.97 Å². The number of hydrogen-bond acceptors (Lipinski definition) is 0. The Hall–Kier alpha value is -2.48. The fourth-order valence-corrected chi connectivity index (χ4v) is 3.63. The molecular formula is C25H32N2. The Morgan fingerprint density at radius 3 is 1.89 bits per heavy atom. The Kier molecular flexibility index (Phi) is 4.94. The lowest BCUT2D eigenvalue weighted by molar-refractivity contribution is 0.593. The molecular weight excluding hydrogens is 328 g/mol. The van der Waals surface area contributed by atoms with E-state index in [-0.39, 0.29) is 10.8 Å². The molecule has 0 saturated carbocycles. The number of fused-ring (bicyclic) bond motifs is 2. The zero-order valence-corrected chi connectivity index (χ0v) is 17.7. The Bertz CT molecular complexity index is 1050. The number of benzene rings is 1. The second-order valence-electron chi connectivity index (χ2n) is 9.39. The minimum atomic E-state index is 0.223. The van der Waals surface area contributed by atoms with E-state index in [2.05, 4.69) is 125 Å². The summed E-state index contributed by atoms with van der Waals surface area (Å²) in [7, 11) is 2.11. The molecule has 0 radical (unpaired) electrons. The molecule has 0 spiro atoms. The summed E-state index contributed by atoms with van der Waals surface area (Å²) >= 11 is 0. The van der Waals surface area contributed by atoms with Gasteiger partial charge < -0.3 is 8.97 Å². The maximum Gasteiger partial charge on any atom is 0.0487 e. The number of para-hydroxylation sites is 1. The van der Waals surface area contributed by atoms with E-state index in [9.17, 15) is 0 Å². The molecule has 3 heterocycles. The number of rotatable bonds is 0. The predicted molar refractivity (Wildman–Crippen MR) is 118 cm³/mol. The van der Waals surface area contributed by atoms with E-state index in [1.54, 1.807) is 0 Å². The van der Waals surface area contributed by atoms with Gasteiger partial charge in [-0.3, -0.25) is 0 Å². The van der Waals surface area contributed by atoms with Gasteiger partial charge in [0.1, 0.15) is 0 Å². The van der Waals surface area contributed by atoms with Crippen molar-refractivity contribution in [3.63, 3.8) is 0 Å². The molecule has 2 heteroatoms. The van der Waals surface area contributed by atoms with E-state index >= 15 is 0 Å². The molecule has 0 bridgehead atoms. The van der Waals surface area contributed by atoms with Crippen molar-refractivity contribution in [3.8, 4) is 0 Å². The highest BCUT2D eigenvalue weighted by Gasteiger charge is 2.19. The Labute approximate surface area is 163 Å². The van der Waals surface area contributed by atoms with Gasteiger partial charge >= 0.3 is 0 Å². The summed E-state index contributed by atoms with van der Waals surface area (Å²) in [5.74, 6) is 0. The zero-order chi connectivity index (χ0) is 19.8. The van der Waals surface area contributed by atoms with Gasteiger partial charge in [0.25, 0.3) is 0 Å². The van der Waals surface area contributed by atoms with Gasteiger partial charge in [-0.15, -0.1) is 0 Å². The first-order valence-electron chi connectivity index (χ1n) is 9.70. The average Bonchev–Trinajstić information content (AvgIpc) is 3.17. The number of hydrogen-bond donors (Lipinski definition) is 0. The molecule has 27 heavy (non-hydrogen) atoms. The van der Waals surface area contributed by atoms with Crippen LogP contribution in [0.3, 0.4) is 0 Å². The largest absolute Gasteiger partial charge is 0.350 e. The SMILES string of the molecule is CC(C)(C)c1ccn2ccccc12.Cn1cc(C(C)(C)C)c2ccccc21. The van der Waals surface area contributed by atoms with Gasteiger partial charge in [-0.05, 0) is 46.2 Å². The normalized spacial score (nSPS) is 12.3. The van der Waals surface area contributed by atoms with Crippen LogP contribution in [0.25, 0.3) is 16.4 Å². The summed E-state index contributed by atoms with van der Waals surface area (Å²) in [4.78, 5) is 0. The summed E-state index contributed by atoms with van der Waals surface area (Å²) in [5.41, 5.74) is 5.92.